The van der Waals surface area contributed by atoms with Gasteiger partial charge in [-0.3, -0.25) is 9.69 Å². The molecule has 0 aliphatic carbocycles. The number of amides is 1. The lowest BCUT2D eigenvalue weighted by Gasteiger charge is -2.16. The minimum atomic E-state index is -0.230. The van der Waals surface area contributed by atoms with Gasteiger partial charge in [-0.25, -0.2) is 0 Å². The van der Waals surface area contributed by atoms with Crippen LogP contribution < -0.4 is 24.4 Å². The molecule has 2 aromatic carbocycles. The van der Waals surface area contributed by atoms with Crippen LogP contribution in [0.1, 0.15) is 11.1 Å². The van der Waals surface area contributed by atoms with Gasteiger partial charge in [-0.2, -0.15) is 0 Å². The first-order valence-corrected chi connectivity index (χ1v) is 8.63. The van der Waals surface area contributed by atoms with E-state index in [2.05, 4.69) is 5.32 Å². The van der Waals surface area contributed by atoms with Gasteiger partial charge >= 0.3 is 0 Å². The highest BCUT2D eigenvalue weighted by molar-refractivity contribution is 7.80. The number of nitrogens with zero attached hydrogens (tertiary/aromatic N) is 1. The lowest BCUT2D eigenvalue weighted by atomic mass is 10.1. The van der Waals surface area contributed by atoms with E-state index in [0.717, 1.165) is 11.3 Å². The summed E-state index contributed by atoms with van der Waals surface area (Å²) in [5.74, 6) is 1.40. The Bertz CT molecular complexity index is 940. The summed E-state index contributed by atoms with van der Waals surface area (Å²) in [5.41, 5.74) is 2.73. The van der Waals surface area contributed by atoms with Crippen LogP contribution in [0.25, 0.3) is 6.08 Å². The lowest BCUT2D eigenvalue weighted by Crippen LogP contribution is -2.30. The monoisotopic (exact) mass is 384 g/mol. The largest absolute Gasteiger partial charge is 0.496 e. The van der Waals surface area contributed by atoms with Gasteiger partial charge in [-0.05, 0) is 42.9 Å². The van der Waals surface area contributed by atoms with Crippen LogP contribution >= 0.6 is 12.2 Å². The molecule has 0 unspecified atom stereocenters. The molecule has 0 atom stereocenters. The third-order valence-electron chi connectivity index (χ3n) is 4.27. The number of rotatable bonds is 5. The zero-order valence-corrected chi connectivity index (χ0v) is 16.3. The van der Waals surface area contributed by atoms with Gasteiger partial charge in [0, 0.05) is 11.6 Å². The molecule has 1 aliphatic heterocycles. The molecule has 140 valence electrons. The van der Waals surface area contributed by atoms with E-state index in [1.54, 1.807) is 39.5 Å². The fourth-order valence-corrected chi connectivity index (χ4v) is 3.18. The average Bonchev–Trinajstić information content (AvgIpc) is 2.95. The van der Waals surface area contributed by atoms with E-state index in [-0.39, 0.29) is 5.91 Å². The molecule has 1 saturated heterocycles. The summed E-state index contributed by atoms with van der Waals surface area (Å²) in [6.07, 6.45) is 1.69. The predicted octanol–water partition coefficient (Wildman–Crippen LogP) is 3.28. The average molecular weight is 384 g/mol. The van der Waals surface area contributed by atoms with Crippen LogP contribution in [0.15, 0.2) is 42.1 Å². The van der Waals surface area contributed by atoms with Crippen molar-refractivity contribution in [3.63, 3.8) is 0 Å². The van der Waals surface area contributed by atoms with Gasteiger partial charge < -0.3 is 19.5 Å². The number of anilines is 1. The first-order chi connectivity index (χ1) is 13.0. The highest BCUT2D eigenvalue weighted by Crippen LogP contribution is 2.36. The number of carbonyl (C=O) groups is 1. The van der Waals surface area contributed by atoms with Crippen LogP contribution in [-0.2, 0) is 4.79 Å². The van der Waals surface area contributed by atoms with Crippen LogP contribution in [0.4, 0.5) is 5.69 Å². The van der Waals surface area contributed by atoms with Crippen molar-refractivity contribution < 1.29 is 19.0 Å². The van der Waals surface area contributed by atoms with Gasteiger partial charge in [-0.15, -0.1) is 0 Å². The van der Waals surface area contributed by atoms with Crippen LogP contribution in [0.3, 0.4) is 0 Å². The Labute approximate surface area is 163 Å². The van der Waals surface area contributed by atoms with Crippen molar-refractivity contribution in [1.29, 1.82) is 0 Å². The zero-order valence-electron chi connectivity index (χ0n) is 15.5. The Hall–Kier alpha value is -3.06. The van der Waals surface area contributed by atoms with Crippen LogP contribution in [0, 0.1) is 6.92 Å². The highest BCUT2D eigenvalue weighted by Gasteiger charge is 2.33. The van der Waals surface area contributed by atoms with Crippen LogP contribution in [0.2, 0.25) is 0 Å². The highest BCUT2D eigenvalue weighted by atomic mass is 32.1. The summed E-state index contributed by atoms with van der Waals surface area (Å²) >= 11 is 5.38. The second-order valence-electron chi connectivity index (χ2n) is 5.86. The van der Waals surface area contributed by atoms with Crippen molar-refractivity contribution in [2.24, 2.45) is 0 Å². The maximum atomic E-state index is 13.0. The second kappa shape index (κ2) is 7.67. The quantitative estimate of drug-likeness (QED) is 0.631. The van der Waals surface area contributed by atoms with E-state index in [0.29, 0.717) is 33.6 Å². The fraction of sp³-hybridized carbons (Fsp3) is 0.200. The molecule has 7 heteroatoms. The number of ether oxygens (including phenoxy) is 3. The summed E-state index contributed by atoms with van der Waals surface area (Å²) in [4.78, 5) is 14.5. The van der Waals surface area contributed by atoms with E-state index >= 15 is 0 Å². The molecule has 0 saturated carbocycles. The second-order valence-corrected chi connectivity index (χ2v) is 6.25. The predicted molar refractivity (Wildman–Crippen MR) is 108 cm³/mol. The maximum absolute atomic E-state index is 13.0. The minimum Gasteiger partial charge on any atom is -0.496 e. The van der Waals surface area contributed by atoms with E-state index in [9.17, 15) is 4.79 Å². The molecule has 27 heavy (non-hydrogen) atoms. The van der Waals surface area contributed by atoms with Crippen molar-refractivity contribution in [1.82, 2.24) is 5.32 Å². The molecule has 0 spiro atoms. The molecule has 0 bridgehead atoms. The minimum absolute atomic E-state index is 0.230. The number of thiocarbonyl (C=S) groups is 1. The van der Waals surface area contributed by atoms with Crippen LogP contribution in [-0.4, -0.2) is 32.3 Å². The Balaban J connectivity index is 2.03. The Morgan fingerprint density at radius 1 is 1.00 bits per heavy atom. The molecule has 1 N–H and O–H groups in total. The Morgan fingerprint density at radius 3 is 2.26 bits per heavy atom. The van der Waals surface area contributed by atoms with Gasteiger partial charge in [0.15, 0.2) is 16.6 Å². The van der Waals surface area contributed by atoms with E-state index in [1.165, 1.54) is 4.90 Å². The van der Waals surface area contributed by atoms with Crippen molar-refractivity contribution in [3.05, 3.63) is 53.2 Å². The molecular weight excluding hydrogens is 364 g/mol. The summed E-state index contributed by atoms with van der Waals surface area (Å²) in [6, 6.07) is 11.0. The van der Waals surface area contributed by atoms with Gasteiger partial charge in [0.1, 0.15) is 11.4 Å². The van der Waals surface area contributed by atoms with Crippen molar-refractivity contribution in [2.75, 3.05) is 26.2 Å². The standard InChI is InChI=1S/C20H20N2O4S/c1-12-7-5-6-8-15(12)22-19(23)14(21-20(22)27)9-13-10-17(25-3)18(26-4)11-16(13)24-2/h5-11H,1-4H3,(H,21,27)/b14-9-. The third-order valence-corrected chi connectivity index (χ3v) is 4.55. The number of nitrogens with one attached hydrogen (secondary N) is 1. The maximum Gasteiger partial charge on any atom is 0.281 e. The zero-order chi connectivity index (χ0) is 19.6. The molecule has 1 aliphatic rings. The van der Waals surface area contributed by atoms with Gasteiger partial charge in [0.05, 0.1) is 27.0 Å². The molecule has 6 nitrogen and oxygen atoms in total. The first-order valence-electron chi connectivity index (χ1n) is 8.23. The van der Waals surface area contributed by atoms with Gasteiger partial charge in [0.2, 0.25) is 0 Å². The van der Waals surface area contributed by atoms with E-state index < -0.39 is 0 Å². The van der Waals surface area contributed by atoms with E-state index in [1.807, 2.05) is 31.2 Å². The Morgan fingerprint density at radius 2 is 1.63 bits per heavy atom. The lowest BCUT2D eigenvalue weighted by molar-refractivity contribution is -0.113. The van der Waals surface area contributed by atoms with Gasteiger partial charge in [-0.1, -0.05) is 18.2 Å². The Kier molecular flexibility index (Phi) is 5.32. The topological polar surface area (TPSA) is 60.0 Å². The number of hydrogen-bond donors (Lipinski definition) is 1. The van der Waals surface area contributed by atoms with E-state index in [4.69, 9.17) is 26.4 Å². The molecule has 1 fully saturated rings. The van der Waals surface area contributed by atoms with Crippen molar-refractivity contribution in [2.45, 2.75) is 6.92 Å². The molecular formula is C20H20N2O4S. The smallest absolute Gasteiger partial charge is 0.281 e. The number of aryl methyl sites for hydroxylation is 1. The first kappa shape index (κ1) is 18.7. The molecule has 1 heterocycles. The number of carbonyl (C=O) groups excluding carboxylic acids is 1. The summed E-state index contributed by atoms with van der Waals surface area (Å²) in [6.45, 7) is 1.93. The van der Waals surface area contributed by atoms with Gasteiger partial charge in [0.25, 0.3) is 5.91 Å². The number of benzene rings is 2. The third kappa shape index (κ3) is 3.46. The molecule has 3 rings (SSSR count). The summed E-state index contributed by atoms with van der Waals surface area (Å²) in [5, 5.41) is 3.32. The number of hydrogen-bond acceptors (Lipinski definition) is 5. The molecule has 0 aromatic heterocycles. The fourth-order valence-electron chi connectivity index (χ4n) is 2.89. The van der Waals surface area contributed by atoms with Crippen LogP contribution in [0.5, 0.6) is 17.2 Å². The number of para-hydroxylation sites is 1. The molecule has 2 aromatic rings. The summed E-state index contributed by atoms with van der Waals surface area (Å²) in [7, 11) is 4.66. The van der Waals surface area contributed by atoms with Crippen molar-refractivity contribution in [3.8, 4) is 17.2 Å². The molecule has 0 radical (unpaired) electrons. The normalized spacial score (nSPS) is 15.1. The molecule has 1 amide bonds. The SMILES string of the molecule is COc1cc(OC)c(OC)cc1/C=C1\NC(=S)N(c2ccccc2C)C1=O. The summed E-state index contributed by atoms with van der Waals surface area (Å²) < 4.78 is 16.1. The van der Waals surface area contributed by atoms with Crippen molar-refractivity contribution >= 4 is 35.0 Å². The number of methoxy groups -OCH3 is 3.